The van der Waals surface area contributed by atoms with Gasteiger partial charge in [-0.3, -0.25) is 37.3 Å². The van der Waals surface area contributed by atoms with Crippen LogP contribution in [0.4, 0.5) is 0 Å². The molecule has 0 aliphatic heterocycles. The van der Waals surface area contributed by atoms with Crippen molar-refractivity contribution in [1.82, 2.24) is 0 Å². The van der Waals surface area contributed by atoms with E-state index in [1.807, 2.05) is 0 Å². The van der Waals surface area contributed by atoms with Crippen LogP contribution in [0.15, 0.2) is 0 Å². The van der Waals surface area contributed by atoms with Gasteiger partial charge in [0.1, 0.15) is 19.3 Å². The highest BCUT2D eigenvalue weighted by atomic mass is 31.2. The summed E-state index contributed by atoms with van der Waals surface area (Å²) in [6.07, 6.45) is 33.8. The molecule has 77 heavy (non-hydrogen) atoms. The molecule has 5 atom stereocenters. The van der Waals surface area contributed by atoms with Gasteiger partial charge in [0.05, 0.1) is 26.4 Å². The average molecular weight is 1140 g/mol. The Kier molecular flexibility index (Phi) is 50.8. The van der Waals surface area contributed by atoms with Gasteiger partial charge in [-0.15, -0.1) is 0 Å². The third-order valence-electron chi connectivity index (χ3n) is 13.3. The minimum Gasteiger partial charge on any atom is -0.462 e. The van der Waals surface area contributed by atoms with Gasteiger partial charge in [-0.1, -0.05) is 234 Å². The van der Waals surface area contributed by atoms with Crippen LogP contribution in [0.1, 0.15) is 285 Å². The minimum atomic E-state index is -4.94. The molecular weight excluding hydrogens is 1030 g/mol. The Morgan fingerprint density at radius 2 is 0.597 bits per heavy atom. The third kappa shape index (κ3) is 53.2. The van der Waals surface area contributed by atoms with Gasteiger partial charge in [0.15, 0.2) is 12.2 Å². The van der Waals surface area contributed by atoms with Gasteiger partial charge in [-0.2, -0.15) is 0 Å². The normalized spacial score (nSPS) is 14.4. The maximum absolute atomic E-state index is 12.9. The molecule has 0 aromatic heterocycles. The first kappa shape index (κ1) is 75.1. The third-order valence-corrected chi connectivity index (χ3v) is 15.2. The number of carbonyl (C=O) groups excluding carboxylic acids is 4. The summed E-state index contributed by atoms with van der Waals surface area (Å²) in [7, 11) is -9.86. The molecule has 0 saturated carbocycles. The summed E-state index contributed by atoms with van der Waals surface area (Å²) in [5, 5.41) is 10.5. The Balaban J connectivity index is 5.18. The highest BCUT2D eigenvalue weighted by molar-refractivity contribution is 7.47. The first-order valence-corrected chi connectivity index (χ1v) is 33.6. The Labute approximate surface area is 467 Å². The first-order valence-electron chi connectivity index (χ1n) is 30.6. The summed E-state index contributed by atoms with van der Waals surface area (Å²) in [6, 6.07) is 0. The van der Waals surface area contributed by atoms with Crippen molar-refractivity contribution >= 4 is 39.5 Å². The van der Waals surface area contributed by atoms with E-state index in [1.54, 1.807) is 0 Å². The molecule has 19 heteroatoms. The number of rotatable bonds is 58. The monoisotopic (exact) mass is 1140 g/mol. The molecule has 0 heterocycles. The molecule has 0 aliphatic rings. The van der Waals surface area contributed by atoms with Crippen molar-refractivity contribution in [3.8, 4) is 0 Å². The van der Waals surface area contributed by atoms with E-state index in [9.17, 15) is 43.2 Å². The van der Waals surface area contributed by atoms with Crippen LogP contribution >= 0.6 is 15.6 Å². The number of unbranched alkanes of at least 4 members (excludes halogenated alkanes) is 30. The molecule has 0 saturated heterocycles. The Bertz CT molecular complexity index is 1520. The molecule has 0 aromatic carbocycles. The fourth-order valence-electron chi connectivity index (χ4n) is 8.52. The van der Waals surface area contributed by atoms with Crippen LogP contribution < -0.4 is 0 Å². The topological polar surface area (TPSA) is 237 Å². The Morgan fingerprint density at radius 3 is 0.883 bits per heavy atom. The molecule has 0 rings (SSSR count). The molecule has 0 bridgehead atoms. The highest BCUT2D eigenvalue weighted by Gasteiger charge is 2.30. The molecule has 0 spiro atoms. The van der Waals surface area contributed by atoms with E-state index < -0.39 is 97.5 Å². The zero-order valence-electron chi connectivity index (χ0n) is 49.1. The number of phosphoric ester groups is 2. The largest absolute Gasteiger partial charge is 0.472 e. The van der Waals surface area contributed by atoms with Gasteiger partial charge in [0.2, 0.25) is 0 Å². The summed E-state index contributed by atoms with van der Waals surface area (Å²) >= 11 is 0. The van der Waals surface area contributed by atoms with Crippen molar-refractivity contribution in [2.45, 2.75) is 303 Å². The van der Waals surface area contributed by atoms with E-state index in [-0.39, 0.29) is 25.7 Å². The van der Waals surface area contributed by atoms with E-state index in [2.05, 4.69) is 34.6 Å². The first-order chi connectivity index (χ1) is 37.0. The number of ether oxygens (including phenoxy) is 4. The molecule has 456 valence electrons. The van der Waals surface area contributed by atoms with Gasteiger partial charge in [0.25, 0.3) is 0 Å². The van der Waals surface area contributed by atoms with Crippen molar-refractivity contribution in [3.63, 3.8) is 0 Å². The molecule has 17 nitrogen and oxygen atoms in total. The molecule has 2 unspecified atom stereocenters. The van der Waals surface area contributed by atoms with Gasteiger partial charge >= 0.3 is 39.5 Å². The second-order valence-corrected chi connectivity index (χ2v) is 24.4. The second-order valence-electron chi connectivity index (χ2n) is 21.5. The molecule has 0 aliphatic carbocycles. The Morgan fingerprint density at radius 1 is 0.351 bits per heavy atom. The molecular formula is C58H112O17P2. The molecule has 0 fully saturated rings. The van der Waals surface area contributed by atoms with E-state index >= 15 is 0 Å². The number of aliphatic hydroxyl groups excluding tert-OH is 1. The van der Waals surface area contributed by atoms with E-state index in [0.29, 0.717) is 25.7 Å². The van der Waals surface area contributed by atoms with Crippen molar-refractivity contribution in [1.29, 1.82) is 0 Å². The van der Waals surface area contributed by atoms with Crippen LogP contribution in [0.5, 0.6) is 0 Å². The molecule has 0 aromatic rings. The quantitative estimate of drug-likeness (QED) is 0.0222. The molecule has 0 radical (unpaired) electrons. The van der Waals surface area contributed by atoms with E-state index in [0.717, 1.165) is 102 Å². The summed E-state index contributed by atoms with van der Waals surface area (Å²) in [5.74, 6) is -1.42. The van der Waals surface area contributed by atoms with E-state index in [4.69, 9.17) is 37.0 Å². The zero-order valence-corrected chi connectivity index (χ0v) is 50.9. The van der Waals surface area contributed by atoms with Crippen molar-refractivity contribution in [3.05, 3.63) is 0 Å². The van der Waals surface area contributed by atoms with Gasteiger partial charge in [-0.25, -0.2) is 9.13 Å². The van der Waals surface area contributed by atoms with Crippen molar-refractivity contribution < 1.29 is 80.2 Å². The van der Waals surface area contributed by atoms with E-state index in [1.165, 1.54) is 103 Å². The summed E-state index contributed by atoms with van der Waals surface area (Å²) in [5.41, 5.74) is 0. The maximum atomic E-state index is 12.9. The SMILES string of the molecule is CCCCCCCCCCCCCC(=O)OC[C@H](COP(=O)(O)OC[C@@H](O)COP(=O)(O)OC[C@@H](COC(=O)CCCCCCC)OC(=O)CCCCCCCCCCC)OC(=O)CCCCCCCCCCCC(C)C. The lowest BCUT2D eigenvalue weighted by molar-refractivity contribution is -0.161. The smallest absolute Gasteiger partial charge is 0.462 e. The van der Waals surface area contributed by atoms with Crippen LogP contribution in [0.3, 0.4) is 0 Å². The number of carbonyl (C=O) groups is 4. The standard InChI is InChI=1S/C58H112O17P2/c1-6-9-12-15-17-19-20-24-27-32-37-42-56(61)69-48-54(75-58(63)44-39-34-29-25-21-23-26-31-35-40-51(4)5)50-73-77(66,67)71-46-52(59)45-70-76(64,65)72-49-53(47-68-55(60)41-36-30-14-11-8-3)74-57(62)43-38-33-28-22-18-16-13-10-7-2/h51-54,59H,6-50H2,1-5H3,(H,64,65)(H,66,67)/t52-,53+,54+/m0/s1. The highest BCUT2D eigenvalue weighted by Crippen LogP contribution is 2.45. The van der Waals surface area contributed by atoms with Crippen LogP contribution in [0.25, 0.3) is 0 Å². The van der Waals surface area contributed by atoms with Crippen LogP contribution in [-0.2, 0) is 65.4 Å². The van der Waals surface area contributed by atoms with Gasteiger partial charge < -0.3 is 33.8 Å². The number of hydrogen-bond acceptors (Lipinski definition) is 15. The maximum Gasteiger partial charge on any atom is 0.472 e. The summed E-state index contributed by atoms with van der Waals surface area (Å²) < 4.78 is 67.5. The molecule has 3 N–H and O–H groups in total. The number of phosphoric acid groups is 2. The lowest BCUT2D eigenvalue weighted by Crippen LogP contribution is -2.30. The van der Waals surface area contributed by atoms with Crippen molar-refractivity contribution in [2.24, 2.45) is 5.92 Å². The molecule has 0 amide bonds. The summed E-state index contributed by atoms with van der Waals surface area (Å²) in [6.45, 7) is 7.02. The predicted octanol–water partition coefficient (Wildman–Crippen LogP) is 15.5. The summed E-state index contributed by atoms with van der Waals surface area (Å²) in [4.78, 5) is 71.6. The average Bonchev–Trinajstić information content (AvgIpc) is 3.39. The predicted molar refractivity (Wildman–Crippen MR) is 303 cm³/mol. The Hall–Kier alpha value is -1.94. The van der Waals surface area contributed by atoms with Gasteiger partial charge in [-0.05, 0) is 31.6 Å². The van der Waals surface area contributed by atoms with Crippen LogP contribution in [-0.4, -0.2) is 96.7 Å². The fourth-order valence-corrected chi connectivity index (χ4v) is 10.1. The zero-order chi connectivity index (χ0) is 57.1. The van der Waals surface area contributed by atoms with Crippen LogP contribution in [0, 0.1) is 5.92 Å². The number of esters is 4. The lowest BCUT2D eigenvalue weighted by Gasteiger charge is -2.21. The van der Waals surface area contributed by atoms with Gasteiger partial charge in [0, 0.05) is 25.7 Å². The second kappa shape index (κ2) is 52.2. The minimum absolute atomic E-state index is 0.105. The van der Waals surface area contributed by atoms with Crippen molar-refractivity contribution in [2.75, 3.05) is 39.6 Å². The van der Waals surface area contributed by atoms with Crippen LogP contribution in [0.2, 0.25) is 0 Å². The number of hydrogen-bond donors (Lipinski definition) is 3. The fraction of sp³-hybridized carbons (Fsp3) is 0.931. The number of aliphatic hydroxyl groups is 1. The lowest BCUT2D eigenvalue weighted by atomic mass is 10.0.